The van der Waals surface area contributed by atoms with E-state index < -0.39 is 0 Å². The molecule has 1 atom stereocenters. The summed E-state index contributed by atoms with van der Waals surface area (Å²) in [6.45, 7) is 3.08. The van der Waals surface area contributed by atoms with Crippen LogP contribution < -0.4 is 5.32 Å². The molecule has 2 aliphatic heterocycles. The SMILES string of the molecule is CN1CC(CNc2ncccc2C(=O)N2CCCC2)CC1=O. The lowest BCUT2D eigenvalue weighted by atomic mass is 10.1. The van der Waals surface area contributed by atoms with Gasteiger partial charge in [-0.25, -0.2) is 4.98 Å². The molecule has 0 aliphatic carbocycles. The number of pyridine rings is 1. The molecule has 2 amide bonds. The summed E-state index contributed by atoms with van der Waals surface area (Å²) < 4.78 is 0. The first-order chi connectivity index (χ1) is 10.6. The van der Waals surface area contributed by atoms with Crippen LogP contribution in [0.1, 0.15) is 29.6 Å². The summed E-state index contributed by atoms with van der Waals surface area (Å²) >= 11 is 0. The van der Waals surface area contributed by atoms with Gasteiger partial charge < -0.3 is 15.1 Å². The standard InChI is InChI=1S/C16H22N4O2/c1-19-11-12(9-14(19)21)10-18-15-13(5-4-6-17-15)16(22)20-7-2-3-8-20/h4-6,12H,2-3,7-11H2,1H3,(H,17,18). The quantitative estimate of drug-likeness (QED) is 0.908. The third-order valence-electron chi connectivity index (χ3n) is 4.41. The molecule has 0 bridgehead atoms. The lowest BCUT2D eigenvalue weighted by Crippen LogP contribution is -2.29. The van der Waals surface area contributed by atoms with Crippen LogP contribution in [0.4, 0.5) is 5.82 Å². The molecule has 6 heteroatoms. The Bertz CT molecular complexity index is 569. The van der Waals surface area contributed by atoms with Gasteiger partial charge >= 0.3 is 0 Å². The summed E-state index contributed by atoms with van der Waals surface area (Å²) in [5, 5.41) is 3.26. The van der Waals surface area contributed by atoms with Crippen molar-refractivity contribution in [2.45, 2.75) is 19.3 Å². The van der Waals surface area contributed by atoms with Crippen LogP contribution in [0.2, 0.25) is 0 Å². The van der Waals surface area contributed by atoms with Gasteiger partial charge in [-0.2, -0.15) is 0 Å². The molecule has 2 aliphatic rings. The van der Waals surface area contributed by atoms with Gasteiger partial charge in [-0.15, -0.1) is 0 Å². The van der Waals surface area contributed by atoms with Gasteiger partial charge in [-0.05, 0) is 25.0 Å². The Morgan fingerprint density at radius 3 is 2.86 bits per heavy atom. The maximum atomic E-state index is 12.6. The van der Waals surface area contributed by atoms with Gasteiger partial charge in [0, 0.05) is 51.8 Å². The lowest BCUT2D eigenvalue weighted by Gasteiger charge is -2.18. The van der Waals surface area contributed by atoms with Crippen LogP contribution in [0, 0.1) is 5.92 Å². The molecular formula is C16H22N4O2. The van der Waals surface area contributed by atoms with Crippen LogP contribution in [0.25, 0.3) is 0 Å². The highest BCUT2D eigenvalue weighted by Crippen LogP contribution is 2.20. The summed E-state index contributed by atoms with van der Waals surface area (Å²) in [6.07, 6.45) is 4.40. The molecule has 22 heavy (non-hydrogen) atoms. The number of aromatic nitrogens is 1. The lowest BCUT2D eigenvalue weighted by molar-refractivity contribution is -0.126. The molecule has 1 aromatic heterocycles. The van der Waals surface area contributed by atoms with Gasteiger partial charge in [0.15, 0.2) is 0 Å². The molecule has 3 rings (SSSR count). The van der Waals surface area contributed by atoms with Gasteiger partial charge in [-0.3, -0.25) is 9.59 Å². The van der Waals surface area contributed by atoms with E-state index in [4.69, 9.17) is 0 Å². The Balaban J connectivity index is 1.66. The summed E-state index contributed by atoms with van der Waals surface area (Å²) in [5.74, 6) is 1.13. The predicted molar refractivity (Wildman–Crippen MR) is 83.6 cm³/mol. The zero-order chi connectivity index (χ0) is 15.5. The second-order valence-electron chi connectivity index (χ2n) is 6.12. The third kappa shape index (κ3) is 3.05. The number of rotatable bonds is 4. The molecule has 2 fully saturated rings. The molecular weight excluding hydrogens is 280 g/mol. The van der Waals surface area contributed by atoms with E-state index >= 15 is 0 Å². The van der Waals surface area contributed by atoms with Crippen molar-refractivity contribution in [1.29, 1.82) is 0 Å². The Hall–Kier alpha value is -2.11. The van der Waals surface area contributed by atoms with Crippen LogP contribution in [-0.2, 0) is 4.79 Å². The number of likely N-dealkylation sites (tertiary alicyclic amines) is 2. The Labute approximate surface area is 130 Å². The first kappa shape index (κ1) is 14.8. The topological polar surface area (TPSA) is 65.5 Å². The maximum absolute atomic E-state index is 12.6. The Kier molecular flexibility index (Phi) is 4.27. The average Bonchev–Trinajstić information content (AvgIpc) is 3.16. The molecule has 1 N–H and O–H groups in total. The molecule has 1 unspecified atom stereocenters. The number of hydrogen-bond donors (Lipinski definition) is 1. The van der Waals surface area contributed by atoms with Gasteiger partial charge in [0.05, 0.1) is 5.56 Å². The minimum absolute atomic E-state index is 0.0488. The summed E-state index contributed by atoms with van der Waals surface area (Å²) in [5.41, 5.74) is 0.627. The van der Waals surface area contributed by atoms with Gasteiger partial charge in [0.2, 0.25) is 5.91 Å². The molecule has 6 nitrogen and oxygen atoms in total. The number of hydrogen-bond acceptors (Lipinski definition) is 4. The number of amides is 2. The van der Waals surface area contributed by atoms with Crippen molar-refractivity contribution in [2.24, 2.45) is 5.92 Å². The molecule has 0 radical (unpaired) electrons. The molecule has 0 aromatic carbocycles. The normalized spacial score (nSPS) is 21.5. The van der Waals surface area contributed by atoms with Crippen molar-refractivity contribution in [1.82, 2.24) is 14.8 Å². The fourth-order valence-electron chi connectivity index (χ4n) is 3.14. The Morgan fingerprint density at radius 2 is 2.18 bits per heavy atom. The molecule has 3 heterocycles. The summed E-state index contributed by atoms with van der Waals surface area (Å²) in [7, 11) is 1.82. The number of carbonyl (C=O) groups excluding carboxylic acids is 2. The maximum Gasteiger partial charge on any atom is 0.257 e. The monoisotopic (exact) mass is 302 g/mol. The van der Waals surface area contributed by atoms with Crippen molar-refractivity contribution in [3.63, 3.8) is 0 Å². The fraction of sp³-hybridized carbons (Fsp3) is 0.562. The highest BCUT2D eigenvalue weighted by atomic mass is 16.2. The second-order valence-corrected chi connectivity index (χ2v) is 6.12. The van der Waals surface area contributed by atoms with Gasteiger partial charge in [0.25, 0.3) is 5.91 Å². The number of anilines is 1. The van der Waals surface area contributed by atoms with Crippen molar-refractivity contribution in [3.05, 3.63) is 23.9 Å². The Morgan fingerprint density at radius 1 is 1.41 bits per heavy atom. The smallest absolute Gasteiger partial charge is 0.257 e. The number of nitrogens with zero attached hydrogens (tertiary/aromatic N) is 3. The first-order valence-electron chi connectivity index (χ1n) is 7.87. The summed E-state index contributed by atoms with van der Waals surface area (Å²) in [6, 6.07) is 3.61. The van der Waals surface area contributed by atoms with Crippen LogP contribution >= 0.6 is 0 Å². The first-order valence-corrected chi connectivity index (χ1v) is 7.87. The van der Waals surface area contributed by atoms with Crippen molar-refractivity contribution >= 4 is 17.6 Å². The average molecular weight is 302 g/mol. The molecule has 0 spiro atoms. The van der Waals surface area contributed by atoms with E-state index in [0.29, 0.717) is 24.3 Å². The van der Waals surface area contributed by atoms with E-state index in [0.717, 1.165) is 32.5 Å². The minimum Gasteiger partial charge on any atom is -0.369 e. The third-order valence-corrected chi connectivity index (χ3v) is 4.41. The van der Waals surface area contributed by atoms with E-state index in [-0.39, 0.29) is 17.7 Å². The minimum atomic E-state index is 0.0488. The van der Waals surface area contributed by atoms with E-state index in [1.165, 1.54) is 0 Å². The van der Waals surface area contributed by atoms with E-state index in [1.807, 2.05) is 18.0 Å². The fourth-order valence-corrected chi connectivity index (χ4v) is 3.14. The largest absolute Gasteiger partial charge is 0.369 e. The van der Waals surface area contributed by atoms with Crippen LogP contribution in [-0.4, -0.2) is 59.8 Å². The van der Waals surface area contributed by atoms with E-state index in [1.54, 1.807) is 17.2 Å². The molecule has 2 saturated heterocycles. The van der Waals surface area contributed by atoms with Crippen molar-refractivity contribution < 1.29 is 9.59 Å². The van der Waals surface area contributed by atoms with E-state index in [2.05, 4.69) is 10.3 Å². The van der Waals surface area contributed by atoms with Crippen LogP contribution in [0.3, 0.4) is 0 Å². The van der Waals surface area contributed by atoms with Crippen molar-refractivity contribution in [2.75, 3.05) is 38.5 Å². The van der Waals surface area contributed by atoms with Gasteiger partial charge in [-0.1, -0.05) is 0 Å². The van der Waals surface area contributed by atoms with Crippen LogP contribution in [0.5, 0.6) is 0 Å². The summed E-state index contributed by atoms with van der Waals surface area (Å²) in [4.78, 5) is 32.1. The predicted octanol–water partition coefficient (Wildman–Crippen LogP) is 1.21. The van der Waals surface area contributed by atoms with Crippen molar-refractivity contribution in [3.8, 4) is 0 Å². The molecule has 1 aromatic rings. The van der Waals surface area contributed by atoms with Gasteiger partial charge in [0.1, 0.15) is 5.82 Å². The number of nitrogens with one attached hydrogen (secondary N) is 1. The highest BCUT2D eigenvalue weighted by Gasteiger charge is 2.27. The molecule has 118 valence electrons. The molecule has 0 saturated carbocycles. The second kappa shape index (κ2) is 6.34. The number of carbonyl (C=O) groups is 2. The zero-order valence-electron chi connectivity index (χ0n) is 12.9. The van der Waals surface area contributed by atoms with Crippen LogP contribution in [0.15, 0.2) is 18.3 Å². The zero-order valence-corrected chi connectivity index (χ0v) is 12.9. The highest BCUT2D eigenvalue weighted by molar-refractivity contribution is 5.98. The van der Waals surface area contributed by atoms with E-state index in [9.17, 15) is 9.59 Å².